The summed E-state index contributed by atoms with van der Waals surface area (Å²) in [7, 11) is 2.89. The third-order valence-corrected chi connectivity index (χ3v) is 6.43. The second-order valence-corrected chi connectivity index (χ2v) is 9.08. The number of aryl methyl sites for hydroxylation is 2. The van der Waals surface area contributed by atoms with E-state index in [1.165, 1.54) is 31.6 Å². The Morgan fingerprint density at radius 1 is 1.24 bits per heavy atom. The first-order valence-corrected chi connectivity index (χ1v) is 10.4. The van der Waals surface area contributed by atoms with E-state index in [0.717, 1.165) is 22.3 Å². The zero-order chi connectivity index (χ0) is 21.3. The summed E-state index contributed by atoms with van der Waals surface area (Å²) in [5.74, 6) is 1.11. The van der Waals surface area contributed by atoms with Gasteiger partial charge in [0.25, 0.3) is 0 Å². The van der Waals surface area contributed by atoms with Crippen molar-refractivity contribution < 1.29 is 13.2 Å². The Balaban J connectivity index is 2.03. The predicted octanol–water partition coefficient (Wildman–Crippen LogP) is 3.30. The van der Waals surface area contributed by atoms with Crippen LogP contribution in [0.4, 0.5) is 11.4 Å². The highest BCUT2D eigenvalue weighted by atomic mass is 32.2. The molecule has 1 N–H and O–H groups in total. The third-order valence-electron chi connectivity index (χ3n) is 4.62. The average Bonchev–Trinajstić information content (AvgIpc) is 3.05. The molecule has 0 aliphatic heterocycles. The number of hydrogen-bond acceptors (Lipinski definition) is 5. The first-order valence-electron chi connectivity index (χ1n) is 8.98. The first-order chi connectivity index (χ1) is 13.6. The smallest absolute Gasteiger partial charge is 0.242 e. The van der Waals surface area contributed by atoms with Gasteiger partial charge in [-0.05, 0) is 43.7 Å². The summed E-state index contributed by atoms with van der Waals surface area (Å²) in [6.07, 6.45) is 1.75. The number of benzene rings is 2. The van der Waals surface area contributed by atoms with Crippen molar-refractivity contribution in [2.45, 2.75) is 18.7 Å². The van der Waals surface area contributed by atoms with Gasteiger partial charge in [0.2, 0.25) is 10.0 Å². The van der Waals surface area contributed by atoms with E-state index < -0.39 is 10.0 Å². The van der Waals surface area contributed by atoms with Gasteiger partial charge in [0.1, 0.15) is 17.1 Å². The lowest BCUT2D eigenvalue weighted by Crippen LogP contribution is -2.22. The maximum atomic E-state index is 12.5. The zero-order valence-corrected chi connectivity index (χ0v) is 18.2. The summed E-state index contributed by atoms with van der Waals surface area (Å²) in [4.78, 5) is 9.34. The van der Waals surface area contributed by atoms with Gasteiger partial charge in [-0.2, -0.15) is 0 Å². The quantitative estimate of drug-likeness (QED) is 0.510. The van der Waals surface area contributed by atoms with Crippen LogP contribution in [0.5, 0.6) is 5.75 Å². The normalized spacial score (nSPS) is 12.6. The van der Waals surface area contributed by atoms with Crippen LogP contribution in [0.1, 0.15) is 12.5 Å². The third kappa shape index (κ3) is 3.96. The molecular formula is C20H25N5O3S. The maximum Gasteiger partial charge on any atom is 0.242 e. The van der Waals surface area contributed by atoms with E-state index in [2.05, 4.69) is 10.3 Å². The summed E-state index contributed by atoms with van der Waals surface area (Å²) >= 11 is 0. The molecule has 3 aromatic rings. The molecule has 0 aliphatic carbocycles. The summed E-state index contributed by atoms with van der Waals surface area (Å²) < 4.78 is 33.4. The SMILES string of the molecule is COc1ccc(S(=O)(=O)N(C)C)cc1NC(C)=Nc1c(C)ccc2c1ncn2C. The molecule has 3 rings (SSSR count). The van der Waals surface area contributed by atoms with Gasteiger partial charge in [-0.25, -0.2) is 22.7 Å². The van der Waals surface area contributed by atoms with E-state index >= 15 is 0 Å². The largest absolute Gasteiger partial charge is 0.495 e. The molecule has 0 atom stereocenters. The van der Waals surface area contributed by atoms with Gasteiger partial charge in [0.05, 0.1) is 35.2 Å². The van der Waals surface area contributed by atoms with E-state index in [4.69, 9.17) is 9.73 Å². The van der Waals surface area contributed by atoms with Crippen molar-refractivity contribution in [1.29, 1.82) is 0 Å². The molecule has 0 saturated heterocycles. The number of aromatic nitrogens is 2. The van der Waals surface area contributed by atoms with Gasteiger partial charge in [-0.1, -0.05) is 6.07 Å². The Bertz CT molecular complexity index is 1200. The Morgan fingerprint density at radius 2 is 1.97 bits per heavy atom. The van der Waals surface area contributed by atoms with E-state index in [-0.39, 0.29) is 4.90 Å². The molecule has 29 heavy (non-hydrogen) atoms. The summed E-state index contributed by atoms with van der Waals surface area (Å²) in [6.45, 7) is 3.79. The van der Waals surface area contributed by atoms with Crippen LogP contribution in [0.3, 0.4) is 0 Å². The molecule has 0 amide bonds. The number of aliphatic imine (C=N–C) groups is 1. The van der Waals surface area contributed by atoms with Gasteiger partial charge >= 0.3 is 0 Å². The van der Waals surface area contributed by atoms with E-state index in [1.807, 2.05) is 37.6 Å². The van der Waals surface area contributed by atoms with Crippen molar-refractivity contribution in [2.24, 2.45) is 12.0 Å². The number of fused-ring (bicyclic) bond motifs is 1. The fraction of sp³-hybridized carbons (Fsp3) is 0.300. The molecule has 0 spiro atoms. The summed E-state index contributed by atoms with van der Waals surface area (Å²) in [6, 6.07) is 8.70. The van der Waals surface area contributed by atoms with E-state index in [9.17, 15) is 8.42 Å². The molecule has 1 aromatic heterocycles. The van der Waals surface area contributed by atoms with Crippen LogP contribution in [0.25, 0.3) is 11.0 Å². The van der Waals surface area contributed by atoms with Crippen LogP contribution < -0.4 is 10.1 Å². The lowest BCUT2D eigenvalue weighted by atomic mass is 10.1. The lowest BCUT2D eigenvalue weighted by molar-refractivity contribution is 0.416. The second-order valence-electron chi connectivity index (χ2n) is 6.93. The molecule has 154 valence electrons. The van der Waals surface area contributed by atoms with Crippen molar-refractivity contribution in [2.75, 3.05) is 26.5 Å². The molecule has 2 aromatic carbocycles. The van der Waals surface area contributed by atoms with Crippen LogP contribution in [-0.4, -0.2) is 49.3 Å². The average molecular weight is 416 g/mol. The predicted molar refractivity (Wildman–Crippen MR) is 116 cm³/mol. The molecule has 0 saturated carbocycles. The van der Waals surface area contributed by atoms with Gasteiger partial charge in [-0.3, -0.25) is 0 Å². The summed E-state index contributed by atoms with van der Waals surface area (Å²) in [5, 5.41) is 3.17. The Morgan fingerprint density at radius 3 is 2.62 bits per heavy atom. The Kier molecular flexibility index (Phi) is 5.63. The van der Waals surface area contributed by atoms with E-state index in [1.54, 1.807) is 18.5 Å². The minimum Gasteiger partial charge on any atom is -0.495 e. The standard InChI is InChI=1S/C20H25N5O3S/c1-13-7-9-17-20(21-12-25(17)5)19(13)23-14(2)22-16-11-15(8-10-18(16)28-6)29(26,27)24(3)4/h7-12H,1-6H3,(H,22,23). The molecule has 9 heteroatoms. The maximum absolute atomic E-state index is 12.5. The van der Waals surface area contributed by atoms with Crippen LogP contribution >= 0.6 is 0 Å². The van der Waals surface area contributed by atoms with Crippen molar-refractivity contribution >= 4 is 38.3 Å². The highest BCUT2D eigenvalue weighted by Crippen LogP contribution is 2.31. The molecule has 0 aliphatic rings. The van der Waals surface area contributed by atoms with Crippen LogP contribution in [0, 0.1) is 6.92 Å². The van der Waals surface area contributed by atoms with Crippen LogP contribution in [0.2, 0.25) is 0 Å². The van der Waals surface area contributed by atoms with E-state index in [0.29, 0.717) is 17.3 Å². The lowest BCUT2D eigenvalue weighted by Gasteiger charge is -2.15. The number of ether oxygens (including phenoxy) is 1. The van der Waals surface area contributed by atoms with Gasteiger partial charge in [0, 0.05) is 21.1 Å². The van der Waals surface area contributed by atoms with Gasteiger partial charge in [0.15, 0.2) is 0 Å². The highest BCUT2D eigenvalue weighted by molar-refractivity contribution is 7.89. The van der Waals surface area contributed by atoms with Crippen molar-refractivity contribution in [3.8, 4) is 5.75 Å². The number of hydrogen-bond donors (Lipinski definition) is 1. The molecule has 0 bridgehead atoms. The molecular weight excluding hydrogens is 390 g/mol. The van der Waals surface area contributed by atoms with Crippen LogP contribution in [-0.2, 0) is 17.1 Å². The topological polar surface area (TPSA) is 88.8 Å². The molecule has 1 heterocycles. The Labute approximate surface area is 170 Å². The monoisotopic (exact) mass is 415 g/mol. The number of amidine groups is 1. The van der Waals surface area contributed by atoms with Gasteiger partial charge < -0.3 is 14.6 Å². The number of anilines is 1. The molecule has 0 fully saturated rings. The zero-order valence-electron chi connectivity index (χ0n) is 17.4. The minimum absolute atomic E-state index is 0.168. The highest BCUT2D eigenvalue weighted by Gasteiger charge is 2.19. The fourth-order valence-corrected chi connectivity index (χ4v) is 3.90. The number of sulfonamides is 1. The number of methoxy groups -OCH3 is 1. The summed E-state index contributed by atoms with van der Waals surface area (Å²) in [5.41, 5.74) is 4.07. The molecule has 0 radical (unpaired) electrons. The number of nitrogens with zero attached hydrogens (tertiary/aromatic N) is 4. The van der Waals surface area contributed by atoms with Crippen LogP contribution in [0.15, 0.2) is 46.5 Å². The van der Waals surface area contributed by atoms with Gasteiger partial charge in [-0.15, -0.1) is 0 Å². The molecule has 8 nitrogen and oxygen atoms in total. The van der Waals surface area contributed by atoms with Crippen molar-refractivity contribution in [3.05, 3.63) is 42.2 Å². The number of nitrogens with one attached hydrogen (secondary N) is 1. The van der Waals surface area contributed by atoms with Crippen molar-refractivity contribution in [1.82, 2.24) is 13.9 Å². The van der Waals surface area contributed by atoms with Crippen molar-refractivity contribution in [3.63, 3.8) is 0 Å². The number of rotatable bonds is 5. The molecule has 0 unspecified atom stereocenters. The second kappa shape index (κ2) is 7.84. The Hall–Kier alpha value is -2.91. The first kappa shape index (κ1) is 20.8. The number of imidazole rings is 1. The fourth-order valence-electron chi connectivity index (χ4n) is 2.98. The minimum atomic E-state index is -3.57.